The summed E-state index contributed by atoms with van der Waals surface area (Å²) in [6.45, 7) is 5.11. The number of halogens is 1. The minimum absolute atomic E-state index is 0.0312. The maximum Gasteiger partial charge on any atom is 0.274 e. The molecule has 0 aliphatic heterocycles. The highest BCUT2D eigenvalue weighted by Gasteiger charge is 2.12. The van der Waals surface area contributed by atoms with Crippen molar-refractivity contribution in [2.45, 2.75) is 20.8 Å². The van der Waals surface area contributed by atoms with Crippen LogP contribution in [0.25, 0.3) is 0 Å². The van der Waals surface area contributed by atoms with Crippen molar-refractivity contribution in [2.24, 2.45) is 0 Å². The van der Waals surface area contributed by atoms with Crippen molar-refractivity contribution in [1.82, 2.24) is 9.97 Å². The summed E-state index contributed by atoms with van der Waals surface area (Å²) in [5.41, 5.74) is 3.07. The van der Waals surface area contributed by atoms with E-state index in [9.17, 15) is 9.59 Å². The minimum Gasteiger partial charge on any atom is -0.340 e. The molecular weight excluding hydrogens is 376 g/mol. The van der Waals surface area contributed by atoms with E-state index in [1.165, 1.54) is 6.92 Å². The molecule has 0 bridgehead atoms. The normalized spacial score (nSPS) is 10.4. The predicted octanol–water partition coefficient (Wildman–Crippen LogP) is 4.95. The van der Waals surface area contributed by atoms with Gasteiger partial charge in [-0.2, -0.15) is 0 Å². The molecule has 1 aromatic heterocycles. The van der Waals surface area contributed by atoms with Crippen molar-refractivity contribution in [1.29, 1.82) is 0 Å². The van der Waals surface area contributed by atoms with Gasteiger partial charge >= 0.3 is 0 Å². The van der Waals surface area contributed by atoms with Crippen LogP contribution in [0.1, 0.15) is 39.2 Å². The Morgan fingerprint density at radius 1 is 1.00 bits per heavy atom. The summed E-state index contributed by atoms with van der Waals surface area (Å²) < 4.78 is 0. The van der Waals surface area contributed by atoms with Crippen LogP contribution in [0.3, 0.4) is 0 Å². The molecule has 3 aromatic rings. The first kappa shape index (κ1) is 19.5. The number of carbonyl (C=O) groups is 2. The summed E-state index contributed by atoms with van der Waals surface area (Å²) in [7, 11) is 0. The Kier molecular flexibility index (Phi) is 5.70. The van der Waals surface area contributed by atoms with E-state index in [2.05, 4.69) is 20.6 Å². The second-order valence-electron chi connectivity index (χ2n) is 6.31. The summed E-state index contributed by atoms with van der Waals surface area (Å²) in [6.07, 6.45) is 0. The highest BCUT2D eigenvalue weighted by Crippen LogP contribution is 2.25. The zero-order chi connectivity index (χ0) is 20.3. The number of ketones is 1. The first-order valence-electron chi connectivity index (χ1n) is 8.63. The zero-order valence-corrected chi connectivity index (χ0v) is 16.5. The van der Waals surface area contributed by atoms with Gasteiger partial charge in [-0.1, -0.05) is 17.7 Å². The van der Waals surface area contributed by atoms with Crippen LogP contribution in [-0.2, 0) is 0 Å². The second-order valence-corrected chi connectivity index (χ2v) is 6.72. The van der Waals surface area contributed by atoms with E-state index in [-0.39, 0.29) is 17.4 Å². The molecule has 2 aromatic carbocycles. The molecule has 0 aliphatic carbocycles. The Morgan fingerprint density at radius 3 is 2.39 bits per heavy atom. The number of anilines is 3. The number of carbonyl (C=O) groups excluding carboxylic acids is 2. The van der Waals surface area contributed by atoms with E-state index in [0.717, 1.165) is 11.3 Å². The third-order valence-electron chi connectivity index (χ3n) is 4.15. The second kappa shape index (κ2) is 8.19. The number of hydrogen-bond donors (Lipinski definition) is 2. The molecule has 0 aliphatic rings. The number of rotatable bonds is 5. The van der Waals surface area contributed by atoms with Crippen molar-refractivity contribution >= 4 is 40.5 Å². The summed E-state index contributed by atoms with van der Waals surface area (Å²) in [5, 5.41) is 6.60. The molecular formula is C21H19ClN4O2. The Bertz CT molecular complexity index is 1050. The quantitative estimate of drug-likeness (QED) is 0.598. The number of benzene rings is 2. The van der Waals surface area contributed by atoms with Gasteiger partial charge in [0.25, 0.3) is 5.91 Å². The van der Waals surface area contributed by atoms with E-state index in [4.69, 9.17) is 11.6 Å². The third kappa shape index (κ3) is 4.53. The van der Waals surface area contributed by atoms with E-state index in [1.807, 2.05) is 25.1 Å². The van der Waals surface area contributed by atoms with E-state index in [1.54, 1.807) is 37.3 Å². The lowest BCUT2D eigenvalue weighted by atomic mass is 10.1. The fourth-order valence-electron chi connectivity index (χ4n) is 2.61. The SMILES string of the molecule is CC(=O)c1ccc(NC(=O)c2cc(Nc3cccc(Cl)c3C)nc(C)n2)cc1. The number of hydrogen-bond acceptors (Lipinski definition) is 5. The fourth-order valence-corrected chi connectivity index (χ4v) is 2.79. The monoisotopic (exact) mass is 394 g/mol. The molecule has 0 unspecified atom stereocenters. The molecule has 3 rings (SSSR count). The molecule has 0 saturated heterocycles. The van der Waals surface area contributed by atoms with Crippen LogP contribution in [-0.4, -0.2) is 21.7 Å². The lowest BCUT2D eigenvalue weighted by Crippen LogP contribution is -2.15. The number of amides is 1. The van der Waals surface area contributed by atoms with Crippen LogP contribution in [0.5, 0.6) is 0 Å². The van der Waals surface area contributed by atoms with Crippen molar-refractivity contribution in [3.8, 4) is 0 Å². The molecule has 7 heteroatoms. The number of aryl methyl sites for hydroxylation is 1. The summed E-state index contributed by atoms with van der Waals surface area (Å²) in [4.78, 5) is 32.5. The lowest BCUT2D eigenvalue weighted by molar-refractivity contribution is 0.101. The zero-order valence-electron chi connectivity index (χ0n) is 15.7. The predicted molar refractivity (Wildman–Crippen MR) is 111 cm³/mol. The molecule has 0 fully saturated rings. The Morgan fingerprint density at radius 2 is 1.71 bits per heavy atom. The van der Waals surface area contributed by atoms with Gasteiger partial charge in [-0.05, 0) is 62.7 Å². The van der Waals surface area contributed by atoms with Gasteiger partial charge in [0.1, 0.15) is 17.3 Å². The van der Waals surface area contributed by atoms with Gasteiger partial charge in [0.15, 0.2) is 5.78 Å². The lowest BCUT2D eigenvalue weighted by Gasteiger charge is -2.12. The van der Waals surface area contributed by atoms with E-state index in [0.29, 0.717) is 27.9 Å². The highest BCUT2D eigenvalue weighted by atomic mass is 35.5. The average molecular weight is 395 g/mol. The van der Waals surface area contributed by atoms with Gasteiger partial charge in [0.2, 0.25) is 0 Å². The summed E-state index contributed by atoms with van der Waals surface area (Å²) >= 11 is 6.16. The maximum atomic E-state index is 12.6. The number of nitrogens with zero attached hydrogens (tertiary/aromatic N) is 2. The third-order valence-corrected chi connectivity index (χ3v) is 4.56. The standard InChI is InChI=1S/C21H19ClN4O2/c1-12-17(22)5-4-6-18(12)26-20-11-19(23-14(3)24-20)21(28)25-16-9-7-15(8-10-16)13(2)27/h4-11H,1-3H3,(H,25,28)(H,23,24,26). The van der Waals surface area contributed by atoms with Crippen molar-refractivity contribution in [2.75, 3.05) is 10.6 Å². The molecule has 2 N–H and O–H groups in total. The van der Waals surface area contributed by atoms with Crippen molar-refractivity contribution in [3.05, 3.63) is 76.2 Å². The molecule has 28 heavy (non-hydrogen) atoms. The molecule has 0 saturated carbocycles. The largest absolute Gasteiger partial charge is 0.340 e. The molecule has 0 radical (unpaired) electrons. The number of Topliss-reactive ketones (excluding diaryl/α,β-unsaturated/α-hetero) is 1. The minimum atomic E-state index is -0.369. The Hall–Kier alpha value is -3.25. The topological polar surface area (TPSA) is 84.0 Å². The van der Waals surface area contributed by atoms with Crippen LogP contribution >= 0.6 is 11.6 Å². The number of nitrogens with one attached hydrogen (secondary N) is 2. The Labute approximate surface area is 168 Å². The van der Waals surface area contributed by atoms with Crippen LogP contribution < -0.4 is 10.6 Å². The maximum absolute atomic E-state index is 12.6. The van der Waals surface area contributed by atoms with Gasteiger partial charge < -0.3 is 10.6 Å². The molecule has 0 atom stereocenters. The van der Waals surface area contributed by atoms with Gasteiger partial charge in [-0.15, -0.1) is 0 Å². The first-order valence-corrected chi connectivity index (χ1v) is 9.01. The van der Waals surface area contributed by atoms with Crippen molar-refractivity contribution < 1.29 is 9.59 Å². The highest BCUT2D eigenvalue weighted by molar-refractivity contribution is 6.31. The van der Waals surface area contributed by atoms with Crippen LogP contribution in [0.15, 0.2) is 48.5 Å². The van der Waals surface area contributed by atoms with Crippen LogP contribution in [0.4, 0.5) is 17.2 Å². The summed E-state index contributed by atoms with van der Waals surface area (Å²) in [6, 6.07) is 13.8. The molecule has 1 amide bonds. The average Bonchev–Trinajstić information content (AvgIpc) is 2.65. The number of aromatic nitrogens is 2. The van der Waals surface area contributed by atoms with Gasteiger partial charge in [-0.3, -0.25) is 9.59 Å². The molecule has 142 valence electrons. The Balaban J connectivity index is 1.81. The smallest absolute Gasteiger partial charge is 0.274 e. The van der Waals surface area contributed by atoms with Crippen molar-refractivity contribution in [3.63, 3.8) is 0 Å². The fraction of sp³-hybridized carbons (Fsp3) is 0.143. The molecule has 6 nitrogen and oxygen atoms in total. The van der Waals surface area contributed by atoms with E-state index >= 15 is 0 Å². The van der Waals surface area contributed by atoms with Crippen LogP contribution in [0.2, 0.25) is 5.02 Å². The summed E-state index contributed by atoms with van der Waals surface area (Å²) in [5.74, 6) is 0.556. The van der Waals surface area contributed by atoms with Crippen LogP contribution in [0, 0.1) is 13.8 Å². The molecule has 0 spiro atoms. The van der Waals surface area contributed by atoms with Gasteiger partial charge in [0.05, 0.1) is 0 Å². The van der Waals surface area contributed by atoms with Gasteiger partial charge in [0, 0.05) is 28.0 Å². The molecule has 1 heterocycles. The van der Waals surface area contributed by atoms with E-state index < -0.39 is 0 Å². The van der Waals surface area contributed by atoms with Gasteiger partial charge in [-0.25, -0.2) is 9.97 Å². The first-order chi connectivity index (χ1) is 13.3.